The molecule has 1 N–H and O–H groups in total. The van der Waals surface area contributed by atoms with Crippen LogP contribution in [0.1, 0.15) is 11.3 Å². The lowest BCUT2D eigenvalue weighted by atomic mass is 10.1. The third-order valence-electron chi connectivity index (χ3n) is 6.13. The van der Waals surface area contributed by atoms with Gasteiger partial charge in [-0.25, -0.2) is 0 Å². The largest absolute Gasteiger partial charge is 0.493 e. The van der Waals surface area contributed by atoms with E-state index in [0.29, 0.717) is 30.3 Å². The highest BCUT2D eigenvalue weighted by Crippen LogP contribution is 2.38. The number of hydrogen-bond donors (Lipinski definition) is 1. The molecule has 0 unspecified atom stereocenters. The van der Waals surface area contributed by atoms with Crippen molar-refractivity contribution in [3.8, 4) is 17.2 Å². The van der Waals surface area contributed by atoms with Gasteiger partial charge in [0.1, 0.15) is 0 Å². The Morgan fingerprint density at radius 2 is 1.74 bits per heavy atom. The van der Waals surface area contributed by atoms with Crippen molar-refractivity contribution in [2.24, 2.45) is 0 Å². The second-order valence-corrected chi connectivity index (χ2v) is 8.32. The van der Waals surface area contributed by atoms with Crippen molar-refractivity contribution in [3.05, 3.63) is 59.8 Å². The minimum Gasteiger partial charge on any atom is -0.493 e. The van der Waals surface area contributed by atoms with E-state index in [1.807, 2.05) is 0 Å². The molecule has 1 amide bonds. The summed E-state index contributed by atoms with van der Waals surface area (Å²) in [6, 6.07) is 14.2. The summed E-state index contributed by atoms with van der Waals surface area (Å²) in [7, 11) is 4.69. The fraction of sp³-hybridized carbons (Fsp3) is 0.370. The molecule has 4 rings (SSSR count). The molecule has 0 saturated carbocycles. The first-order chi connectivity index (χ1) is 17.1. The molecule has 3 aromatic rings. The van der Waals surface area contributed by atoms with Crippen molar-refractivity contribution in [2.45, 2.75) is 13.1 Å². The van der Waals surface area contributed by atoms with Crippen LogP contribution in [-0.4, -0.2) is 69.6 Å². The maximum atomic E-state index is 12.5. The Labute approximate surface area is 206 Å². The maximum absolute atomic E-state index is 12.5. The molecular formula is C27H33N3O5. The van der Waals surface area contributed by atoms with E-state index < -0.39 is 0 Å². The van der Waals surface area contributed by atoms with Crippen LogP contribution in [0.4, 0.5) is 0 Å². The van der Waals surface area contributed by atoms with Crippen LogP contribution < -0.4 is 19.5 Å². The average molecular weight is 480 g/mol. The van der Waals surface area contributed by atoms with Gasteiger partial charge in [-0.2, -0.15) is 0 Å². The zero-order valence-corrected chi connectivity index (χ0v) is 20.6. The summed E-state index contributed by atoms with van der Waals surface area (Å²) < 4.78 is 23.9. The fourth-order valence-corrected chi connectivity index (χ4v) is 4.37. The Balaban J connectivity index is 1.41. The van der Waals surface area contributed by atoms with E-state index in [0.717, 1.165) is 38.4 Å². The number of fused-ring (bicyclic) bond motifs is 1. The molecule has 8 nitrogen and oxygen atoms in total. The number of aromatic nitrogens is 1. The highest BCUT2D eigenvalue weighted by atomic mass is 16.5. The molecule has 0 radical (unpaired) electrons. The predicted octanol–water partition coefficient (Wildman–Crippen LogP) is 3.33. The molecule has 1 fully saturated rings. The van der Waals surface area contributed by atoms with E-state index in [1.54, 1.807) is 39.5 Å². The Morgan fingerprint density at radius 3 is 2.43 bits per heavy atom. The van der Waals surface area contributed by atoms with E-state index in [2.05, 4.69) is 45.1 Å². The Bertz CT molecular complexity index is 1160. The van der Waals surface area contributed by atoms with Gasteiger partial charge in [-0.05, 0) is 41.3 Å². The number of hydrogen-bond acceptors (Lipinski definition) is 6. The summed E-state index contributed by atoms with van der Waals surface area (Å²) in [6.07, 6.45) is 3.25. The van der Waals surface area contributed by atoms with Crippen molar-refractivity contribution in [3.63, 3.8) is 0 Å². The van der Waals surface area contributed by atoms with E-state index in [1.165, 1.54) is 22.7 Å². The SMILES string of the molecule is COc1cc(/C=C/C(=O)NCCn2c(CN3CCOCC3)cc3ccccc32)cc(OC)c1OC. The number of rotatable bonds is 10. The zero-order valence-electron chi connectivity index (χ0n) is 20.6. The van der Waals surface area contributed by atoms with Gasteiger partial charge in [0.25, 0.3) is 0 Å². The fourth-order valence-electron chi connectivity index (χ4n) is 4.37. The van der Waals surface area contributed by atoms with Gasteiger partial charge in [0.05, 0.1) is 34.5 Å². The van der Waals surface area contributed by atoms with Gasteiger partial charge in [0.2, 0.25) is 11.7 Å². The van der Waals surface area contributed by atoms with Crippen molar-refractivity contribution < 1.29 is 23.7 Å². The number of nitrogens with zero attached hydrogens (tertiary/aromatic N) is 2. The van der Waals surface area contributed by atoms with Crippen LogP contribution in [0, 0.1) is 0 Å². The van der Waals surface area contributed by atoms with Crippen molar-refractivity contribution >= 4 is 22.9 Å². The number of nitrogens with one attached hydrogen (secondary N) is 1. The molecule has 1 aromatic heterocycles. The number of benzene rings is 2. The van der Waals surface area contributed by atoms with E-state index in [-0.39, 0.29) is 5.91 Å². The van der Waals surface area contributed by atoms with Crippen molar-refractivity contribution in [1.82, 2.24) is 14.8 Å². The molecule has 8 heteroatoms. The summed E-state index contributed by atoms with van der Waals surface area (Å²) in [6.45, 7) is 5.49. The molecule has 2 aromatic carbocycles. The number of para-hydroxylation sites is 1. The Hall–Kier alpha value is -3.49. The highest BCUT2D eigenvalue weighted by Gasteiger charge is 2.15. The van der Waals surface area contributed by atoms with Crippen LogP contribution in [0.3, 0.4) is 0 Å². The average Bonchev–Trinajstić information content (AvgIpc) is 3.24. The third-order valence-corrected chi connectivity index (χ3v) is 6.13. The highest BCUT2D eigenvalue weighted by molar-refractivity contribution is 5.92. The normalized spacial score (nSPS) is 14.4. The number of ether oxygens (including phenoxy) is 4. The molecule has 0 aliphatic carbocycles. The van der Waals surface area contributed by atoms with Crippen LogP contribution in [0.2, 0.25) is 0 Å². The number of amides is 1. The van der Waals surface area contributed by atoms with Gasteiger partial charge < -0.3 is 28.8 Å². The number of carbonyl (C=O) groups excluding carboxylic acids is 1. The van der Waals surface area contributed by atoms with Gasteiger partial charge in [0, 0.05) is 50.0 Å². The molecule has 1 aliphatic heterocycles. The second-order valence-electron chi connectivity index (χ2n) is 8.32. The van der Waals surface area contributed by atoms with Crippen LogP contribution in [0.15, 0.2) is 48.5 Å². The molecule has 35 heavy (non-hydrogen) atoms. The van der Waals surface area contributed by atoms with Crippen LogP contribution in [-0.2, 0) is 22.6 Å². The third kappa shape index (κ3) is 5.96. The molecule has 0 spiro atoms. The lowest BCUT2D eigenvalue weighted by Gasteiger charge is -2.27. The molecule has 1 aliphatic rings. The first kappa shape index (κ1) is 24.6. The minimum absolute atomic E-state index is 0.162. The number of methoxy groups -OCH3 is 3. The van der Waals surface area contributed by atoms with Crippen LogP contribution >= 0.6 is 0 Å². The zero-order chi connectivity index (χ0) is 24.6. The van der Waals surface area contributed by atoms with Gasteiger partial charge >= 0.3 is 0 Å². The standard InChI is InChI=1S/C27H33N3O5/c1-32-24-16-20(17-25(33-2)27(24)34-3)8-9-26(31)28-10-11-30-22(19-29-12-14-35-15-13-29)18-21-6-4-5-7-23(21)30/h4-9,16-18H,10-15,19H2,1-3H3,(H,28,31)/b9-8+. The van der Waals surface area contributed by atoms with Gasteiger partial charge in [-0.15, -0.1) is 0 Å². The first-order valence-electron chi connectivity index (χ1n) is 11.8. The van der Waals surface area contributed by atoms with Crippen LogP contribution in [0.25, 0.3) is 17.0 Å². The Kier molecular flexibility index (Phi) is 8.28. The molecule has 2 heterocycles. The molecule has 186 valence electrons. The lowest BCUT2D eigenvalue weighted by Crippen LogP contribution is -2.36. The van der Waals surface area contributed by atoms with E-state index >= 15 is 0 Å². The van der Waals surface area contributed by atoms with Gasteiger partial charge in [-0.3, -0.25) is 9.69 Å². The molecule has 0 atom stereocenters. The predicted molar refractivity (Wildman–Crippen MR) is 136 cm³/mol. The topological polar surface area (TPSA) is 74.2 Å². The van der Waals surface area contributed by atoms with Crippen molar-refractivity contribution in [1.29, 1.82) is 0 Å². The molecule has 0 bridgehead atoms. The number of morpholine rings is 1. The number of carbonyl (C=O) groups is 1. The summed E-state index contributed by atoms with van der Waals surface area (Å²) in [4.78, 5) is 14.9. The monoisotopic (exact) mass is 479 g/mol. The minimum atomic E-state index is -0.162. The van der Waals surface area contributed by atoms with Gasteiger partial charge in [-0.1, -0.05) is 18.2 Å². The van der Waals surface area contributed by atoms with Crippen molar-refractivity contribution in [2.75, 3.05) is 54.2 Å². The lowest BCUT2D eigenvalue weighted by molar-refractivity contribution is -0.116. The van der Waals surface area contributed by atoms with Crippen LogP contribution in [0.5, 0.6) is 17.2 Å². The summed E-state index contributed by atoms with van der Waals surface area (Å²) in [5.41, 5.74) is 3.20. The molecule has 1 saturated heterocycles. The second kappa shape index (κ2) is 11.8. The smallest absolute Gasteiger partial charge is 0.244 e. The summed E-state index contributed by atoms with van der Waals surface area (Å²) >= 11 is 0. The quantitative estimate of drug-likeness (QED) is 0.450. The van der Waals surface area contributed by atoms with E-state index in [4.69, 9.17) is 18.9 Å². The van der Waals surface area contributed by atoms with Gasteiger partial charge in [0.15, 0.2) is 11.5 Å². The summed E-state index contributed by atoms with van der Waals surface area (Å²) in [5.74, 6) is 1.44. The summed E-state index contributed by atoms with van der Waals surface area (Å²) in [5, 5.41) is 4.21. The maximum Gasteiger partial charge on any atom is 0.244 e. The first-order valence-corrected chi connectivity index (χ1v) is 11.8. The molecular weight excluding hydrogens is 446 g/mol. The Morgan fingerprint density at radius 1 is 1.03 bits per heavy atom. The van der Waals surface area contributed by atoms with E-state index in [9.17, 15) is 4.79 Å².